The smallest absolute Gasteiger partial charge is 0.399 e. The zero-order valence-electron chi connectivity index (χ0n) is 16.7. The fraction of sp³-hybridized carbons (Fsp3) is 0.250. The van der Waals surface area contributed by atoms with Crippen molar-refractivity contribution in [1.82, 2.24) is 4.98 Å². The molecule has 1 saturated heterocycles. The molecule has 3 nitrogen and oxygen atoms in total. The second-order valence-electron chi connectivity index (χ2n) is 8.64. The lowest BCUT2D eigenvalue weighted by molar-refractivity contribution is 0.00578. The van der Waals surface area contributed by atoms with E-state index in [9.17, 15) is 0 Å². The van der Waals surface area contributed by atoms with E-state index in [0.29, 0.717) is 0 Å². The second-order valence-corrected chi connectivity index (χ2v) is 8.64. The highest BCUT2D eigenvalue weighted by Gasteiger charge is 2.51. The number of fused-ring (bicyclic) bond motifs is 3. The molecule has 5 rings (SSSR count). The van der Waals surface area contributed by atoms with Crippen LogP contribution in [0.2, 0.25) is 0 Å². The molecule has 1 aliphatic rings. The number of aromatic amines is 1. The van der Waals surface area contributed by atoms with Crippen LogP contribution in [0.25, 0.3) is 32.9 Å². The van der Waals surface area contributed by atoms with E-state index in [1.807, 2.05) is 0 Å². The van der Waals surface area contributed by atoms with Gasteiger partial charge in [-0.1, -0.05) is 54.6 Å². The van der Waals surface area contributed by atoms with Gasteiger partial charge in [-0.25, -0.2) is 0 Å². The molecule has 0 atom stereocenters. The van der Waals surface area contributed by atoms with Crippen molar-refractivity contribution in [3.05, 3.63) is 66.7 Å². The first kappa shape index (κ1) is 17.5. The maximum atomic E-state index is 6.22. The minimum atomic E-state index is -0.346. The molecule has 1 fully saturated rings. The van der Waals surface area contributed by atoms with E-state index in [1.165, 1.54) is 21.9 Å². The fourth-order valence-corrected chi connectivity index (χ4v) is 3.88. The molecule has 1 aliphatic heterocycles. The van der Waals surface area contributed by atoms with Gasteiger partial charge in [0, 0.05) is 21.8 Å². The van der Waals surface area contributed by atoms with Gasteiger partial charge >= 0.3 is 7.12 Å². The van der Waals surface area contributed by atoms with Crippen LogP contribution in [0.5, 0.6) is 0 Å². The lowest BCUT2D eigenvalue weighted by Crippen LogP contribution is -2.41. The Kier molecular flexibility index (Phi) is 3.74. The van der Waals surface area contributed by atoms with Crippen molar-refractivity contribution in [2.75, 3.05) is 0 Å². The second kappa shape index (κ2) is 5.97. The van der Waals surface area contributed by atoms with Crippen molar-refractivity contribution in [2.24, 2.45) is 0 Å². The van der Waals surface area contributed by atoms with Crippen molar-refractivity contribution in [3.8, 4) is 11.1 Å². The monoisotopic (exact) mass is 369 g/mol. The molecule has 4 heteroatoms. The lowest BCUT2D eigenvalue weighted by Gasteiger charge is -2.32. The van der Waals surface area contributed by atoms with Crippen LogP contribution in [0.4, 0.5) is 0 Å². The molecule has 1 N–H and O–H groups in total. The molecule has 1 aromatic heterocycles. The van der Waals surface area contributed by atoms with Gasteiger partial charge in [-0.3, -0.25) is 0 Å². The van der Waals surface area contributed by atoms with Crippen molar-refractivity contribution in [2.45, 2.75) is 38.9 Å². The number of H-pyrrole nitrogens is 1. The van der Waals surface area contributed by atoms with Crippen LogP contribution in [-0.2, 0) is 9.31 Å². The van der Waals surface area contributed by atoms with Crippen LogP contribution in [-0.4, -0.2) is 23.3 Å². The first-order valence-corrected chi connectivity index (χ1v) is 9.81. The summed E-state index contributed by atoms with van der Waals surface area (Å²) in [6.45, 7) is 8.34. The molecule has 2 heterocycles. The molecule has 0 radical (unpaired) electrons. The zero-order valence-corrected chi connectivity index (χ0v) is 16.7. The highest BCUT2D eigenvalue weighted by Crippen LogP contribution is 2.37. The molecule has 0 amide bonds. The Balaban J connectivity index is 1.54. The maximum Gasteiger partial charge on any atom is 0.494 e. The van der Waals surface area contributed by atoms with Gasteiger partial charge < -0.3 is 14.3 Å². The summed E-state index contributed by atoms with van der Waals surface area (Å²) in [5.41, 5.74) is 5.03. The predicted molar refractivity (Wildman–Crippen MR) is 117 cm³/mol. The third kappa shape index (κ3) is 2.68. The van der Waals surface area contributed by atoms with E-state index in [2.05, 4.69) is 99.4 Å². The Morgan fingerprint density at radius 3 is 2.14 bits per heavy atom. The molecule has 0 spiro atoms. The van der Waals surface area contributed by atoms with Gasteiger partial charge in [-0.15, -0.1) is 0 Å². The molecule has 28 heavy (non-hydrogen) atoms. The SMILES string of the molecule is CC1(C)OB(c2cccc(-c3ccc4c(c3)[nH]c3ccccc34)c2)OC1(C)C. The Hall–Kier alpha value is -2.56. The molecule has 0 saturated carbocycles. The number of benzene rings is 3. The minimum Gasteiger partial charge on any atom is -0.399 e. The van der Waals surface area contributed by atoms with E-state index in [-0.39, 0.29) is 18.3 Å². The summed E-state index contributed by atoms with van der Waals surface area (Å²) in [5, 5.41) is 2.51. The Morgan fingerprint density at radius 1 is 0.679 bits per heavy atom. The largest absolute Gasteiger partial charge is 0.494 e. The van der Waals surface area contributed by atoms with Crippen molar-refractivity contribution in [1.29, 1.82) is 0 Å². The van der Waals surface area contributed by atoms with Crippen LogP contribution < -0.4 is 5.46 Å². The van der Waals surface area contributed by atoms with Gasteiger partial charge in [-0.05, 0) is 56.4 Å². The Bertz CT molecular complexity index is 1180. The van der Waals surface area contributed by atoms with Gasteiger partial charge in [0.1, 0.15) is 0 Å². The van der Waals surface area contributed by atoms with Gasteiger partial charge in [-0.2, -0.15) is 0 Å². The summed E-state index contributed by atoms with van der Waals surface area (Å²) < 4.78 is 12.4. The molecule has 3 aromatic carbocycles. The summed E-state index contributed by atoms with van der Waals surface area (Å²) in [6.07, 6.45) is 0. The third-order valence-electron chi connectivity index (χ3n) is 6.25. The number of rotatable bonds is 2. The summed E-state index contributed by atoms with van der Waals surface area (Å²) in [6, 6.07) is 23.5. The van der Waals surface area contributed by atoms with Gasteiger partial charge in [0.25, 0.3) is 0 Å². The van der Waals surface area contributed by atoms with E-state index in [1.54, 1.807) is 0 Å². The van der Waals surface area contributed by atoms with Crippen molar-refractivity contribution >= 4 is 34.4 Å². The van der Waals surface area contributed by atoms with Crippen LogP contribution in [0.15, 0.2) is 66.7 Å². The van der Waals surface area contributed by atoms with Gasteiger partial charge in [0.2, 0.25) is 0 Å². The molecular weight excluding hydrogens is 345 g/mol. The number of hydrogen-bond donors (Lipinski definition) is 1. The predicted octanol–water partition coefficient (Wildman–Crippen LogP) is 5.29. The number of nitrogens with one attached hydrogen (secondary N) is 1. The lowest BCUT2D eigenvalue weighted by atomic mass is 9.78. The standard InChI is InChI=1S/C24H24BNO2/c1-23(2)24(3,4)28-25(27-23)18-9-7-8-16(14-18)17-12-13-20-19-10-5-6-11-21(19)26-22(20)15-17/h5-15,26H,1-4H3. The van der Waals surface area contributed by atoms with Crippen molar-refractivity contribution in [3.63, 3.8) is 0 Å². The highest BCUT2D eigenvalue weighted by atomic mass is 16.7. The summed E-state index contributed by atoms with van der Waals surface area (Å²) >= 11 is 0. The average molecular weight is 369 g/mol. The fourth-order valence-electron chi connectivity index (χ4n) is 3.88. The number of hydrogen-bond acceptors (Lipinski definition) is 2. The van der Waals surface area contributed by atoms with Crippen molar-refractivity contribution < 1.29 is 9.31 Å². The normalized spacial score (nSPS) is 18.2. The third-order valence-corrected chi connectivity index (χ3v) is 6.25. The topological polar surface area (TPSA) is 34.2 Å². The highest BCUT2D eigenvalue weighted by molar-refractivity contribution is 6.62. The van der Waals surface area contributed by atoms with Gasteiger partial charge in [0.05, 0.1) is 11.2 Å². The molecular formula is C24H24BNO2. The minimum absolute atomic E-state index is 0.336. The van der Waals surface area contributed by atoms with Crippen LogP contribution in [0.1, 0.15) is 27.7 Å². The number of para-hydroxylation sites is 1. The van der Waals surface area contributed by atoms with E-state index in [4.69, 9.17) is 9.31 Å². The Labute approximate surface area is 165 Å². The summed E-state index contributed by atoms with van der Waals surface area (Å²) in [7, 11) is -0.346. The maximum absolute atomic E-state index is 6.22. The zero-order chi connectivity index (χ0) is 19.5. The van der Waals surface area contributed by atoms with Crippen LogP contribution >= 0.6 is 0 Å². The molecule has 0 unspecified atom stereocenters. The van der Waals surface area contributed by atoms with E-state index >= 15 is 0 Å². The molecule has 0 bridgehead atoms. The first-order chi connectivity index (χ1) is 13.3. The van der Waals surface area contributed by atoms with Crippen LogP contribution in [0.3, 0.4) is 0 Å². The number of aromatic nitrogens is 1. The van der Waals surface area contributed by atoms with E-state index < -0.39 is 0 Å². The average Bonchev–Trinajstić information content (AvgIpc) is 3.15. The molecule has 0 aliphatic carbocycles. The summed E-state index contributed by atoms with van der Waals surface area (Å²) in [4.78, 5) is 3.53. The summed E-state index contributed by atoms with van der Waals surface area (Å²) in [5.74, 6) is 0. The first-order valence-electron chi connectivity index (χ1n) is 9.81. The quantitative estimate of drug-likeness (QED) is 0.488. The Morgan fingerprint density at radius 2 is 1.36 bits per heavy atom. The van der Waals surface area contributed by atoms with Gasteiger partial charge in [0.15, 0.2) is 0 Å². The van der Waals surface area contributed by atoms with Crippen LogP contribution in [0, 0.1) is 0 Å². The molecule has 4 aromatic rings. The van der Waals surface area contributed by atoms with E-state index in [0.717, 1.165) is 16.5 Å². The molecule has 140 valence electrons.